The Bertz CT molecular complexity index is 2250. The van der Waals surface area contributed by atoms with Crippen LogP contribution in [0, 0.1) is 42.5 Å². The molecule has 4 unspecified atom stereocenters. The number of para-hydroxylation sites is 2. The van der Waals surface area contributed by atoms with Crippen LogP contribution in [-0.2, 0) is 21.1 Å². The van der Waals surface area contributed by atoms with Gasteiger partial charge < -0.3 is 19.1 Å². The molecule has 4 aromatic carbocycles. The standard InChI is InChI=1S/C39H33N4O.Pt/c1-25-26(2)34-23-33(25)38-39(34)42(24-41(38)27-11-4-3-5-12-27)28-13-10-14-29(21-28)44-30-18-19-32-31-15-6-7-16-35(31)43(36(32)22-30)37-17-8-9-20-40-37;/h3-20,24-26,33-34,38-39H,23H2,1-2H3;/q-3;/t25?,26?,33?,34-,38?,39-;/m0./s1/i3D,4D,5D,11D,12D;. The van der Waals surface area contributed by atoms with E-state index in [1.54, 1.807) is 6.20 Å². The third-order valence-corrected chi connectivity index (χ3v) is 10.3. The molecule has 1 aliphatic heterocycles. The fourth-order valence-corrected chi connectivity index (χ4v) is 8.19. The summed E-state index contributed by atoms with van der Waals surface area (Å²) in [5.74, 6) is 3.55. The molecular formula is C39H33N4OPt-3. The van der Waals surface area contributed by atoms with E-state index in [1.807, 2.05) is 66.2 Å². The summed E-state index contributed by atoms with van der Waals surface area (Å²) >= 11 is 0. The Morgan fingerprint density at radius 3 is 2.36 bits per heavy atom. The van der Waals surface area contributed by atoms with E-state index in [9.17, 15) is 0 Å². The van der Waals surface area contributed by atoms with Crippen molar-refractivity contribution in [2.24, 2.45) is 23.7 Å². The summed E-state index contributed by atoms with van der Waals surface area (Å²) in [6, 6.07) is 29.6. The zero-order chi connectivity index (χ0) is 33.7. The van der Waals surface area contributed by atoms with Gasteiger partial charge in [-0.15, -0.1) is 35.3 Å². The SMILES string of the molecule is [2H]c1c([2H])c([2H])c(N2[CH-]N(c3[c-]c(Oc4[c-]c5c(cc4)c4ccccc4n5-c4ccccn4)ccc3)[C@@H]3C2C2C[C@H]3C(C)C2C)c([2H])c1[2H].[Pt]. The molecule has 0 spiro atoms. The van der Waals surface area contributed by atoms with Crippen LogP contribution in [0.4, 0.5) is 11.4 Å². The number of hydrogen-bond donors (Lipinski definition) is 0. The Kier molecular flexibility index (Phi) is 5.73. The van der Waals surface area contributed by atoms with Crippen LogP contribution in [0.25, 0.3) is 27.6 Å². The van der Waals surface area contributed by atoms with Crippen molar-refractivity contribution in [1.82, 2.24) is 9.55 Å². The molecule has 9 rings (SSSR count). The number of fused-ring (bicyclic) bond motifs is 8. The number of rotatable bonds is 5. The molecule has 45 heavy (non-hydrogen) atoms. The molecule has 0 radical (unpaired) electrons. The molecule has 228 valence electrons. The second-order valence-electron chi connectivity index (χ2n) is 12.3. The van der Waals surface area contributed by atoms with Crippen LogP contribution in [-0.4, -0.2) is 21.6 Å². The van der Waals surface area contributed by atoms with Gasteiger partial charge in [-0.2, -0.15) is 24.9 Å². The van der Waals surface area contributed by atoms with E-state index in [2.05, 4.69) is 58.6 Å². The summed E-state index contributed by atoms with van der Waals surface area (Å²) in [5, 5.41) is 2.16. The molecule has 6 heteroatoms. The van der Waals surface area contributed by atoms with Crippen LogP contribution >= 0.6 is 0 Å². The summed E-state index contributed by atoms with van der Waals surface area (Å²) in [4.78, 5) is 8.77. The van der Waals surface area contributed by atoms with Gasteiger partial charge in [0.05, 0.1) is 6.85 Å². The normalized spacial score (nSPS) is 26.7. The van der Waals surface area contributed by atoms with Crippen LogP contribution < -0.4 is 14.5 Å². The second kappa shape index (κ2) is 11.1. The van der Waals surface area contributed by atoms with Gasteiger partial charge in [-0.25, -0.2) is 4.98 Å². The molecular weight excluding hydrogens is 736 g/mol. The minimum atomic E-state index is -0.380. The smallest absolute Gasteiger partial charge is 0.135 e. The fourth-order valence-electron chi connectivity index (χ4n) is 8.19. The Balaban J connectivity index is 0.00000361. The summed E-state index contributed by atoms with van der Waals surface area (Å²) in [7, 11) is 0. The van der Waals surface area contributed by atoms with Gasteiger partial charge in [-0.1, -0.05) is 61.8 Å². The summed E-state index contributed by atoms with van der Waals surface area (Å²) < 4.78 is 51.0. The first-order valence-electron chi connectivity index (χ1n) is 17.8. The van der Waals surface area contributed by atoms with Crippen LogP contribution in [0.15, 0.2) is 109 Å². The molecule has 3 heterocycles. The molecule has 2 aromatic heterocycles. The van der Waals surface area contributed by atoms with Crippen LogP contribution in [0.3, 0.4) is 0 Å². The van der Waals surface area contributed by atoms with Crippen LogP contribution in [0.5, 0.6) is 11.5 Å². The largest absolute Gasteiger partial charge is 0.519 e. The average Bonchev–Trinajstić information content (AvgIpc) is 3.86. The molecule has 3 fully saturated rings. The Morgan fingerprint density at radius 1 is 0.800 bits per heavy atom. The molecule has 1 saturated heterocycles. The molecule has 3 aliphatic rings. The number of benzene rings is 4. The van der Waals surface area contributed by atoms with Crippen molar-refractivity contribution in [2.75, 3.05) is 9.80 Å². The minimum absolute atomic E-state index is 0. The van der Waals surface area contributed by atoms with E-state index >= 15 is 0 Å². The van der Waals surface area contributed by atoms with Gasteiger partial charge in [0.15, 0.2) is 0 Å². The number of ether oxygens (including phenoxy) is 1. The van der Waals surface area contributed by atoms with Gasteiger partial charge in [0.1, 0.15) is 5.82 Å². The van der Waals surface area contributed by atoms with Crippen molar-refractivity contribution < 1.29 is 32.7 Å². The van der Waals surface area contributed by atoms with E-state index < -0.39 is 0 Å². The first-order valence-corrected chi connectivity index (χ1v) is 15.3. The van der Waals surface area contributed by atoms with Crippen molar-refractivity contribution in [1.29, 1.82) is 0 Å². The quantitative estimate of drug-likeness (QED) is 0.164. The first-order chi connectivity index (χ1) is 23.7. The molecule has 2 aliphatic carbocycles. The number of hydrogen-bond acceptors (Lipinski definition) is 4. The van der Waals surface area contributed by atoms with Crippen LogP contribution in [0.2, 0.25) is 0 Å². The van der Waals surface area contributed by atoms with E-state index in [0.29, 0.717) is 35.2 Å². The Labute approximate surface area is 285 Å². The Morgan fingerprint density at radius 2 is 1.56 bits per heavy atom. The third-order valence-electron chi connectivity index (χ3n) is 10.3. The Hall–Kier alpha value is -4.08. The van der Waals surface area contributed by atoms with Gasteiger partial charge in [0.25, 0.3) is 0 Å². The molecule has 6 aromatic rings. The maximum absolute atomic E-state index is 8.78. The van der Waals surface area contributed by atoms with Crippen molar-refractivity contribution in [3.63, 3.8) is 0 Å². The maximum Gasteiger partial charge on any atom is 0.135 e. The van der Waals surface area contributed by atoms with Crippen molar-refractivity contribution in [3.8, 4) is 17.3 Å². The molecule has 6 atom stereocenters. The summed E-state index contributed by atoms with van der Waals surface area (Å²) in [5.41, 5.74) is 2.94. The maximum atomic E-state index is 8.78. The van der Waals surface area contributed by atoms with Crippen molar-refractivity contribution in [2.45, 2.75) is 32.4 Å². The third kappa shape index (κ3) is 4.42. The molecule has 5 nitrogen and oxygen atoms in total. The first kappa shape index (κ1) is 23.3. The molecule has 2 saturated carbocycles. The molecule has 0 N–H and O–H groups in total. The predicted octanol–water partition coefficient (Wildman–Crippen LogP) is 8.67. The summed E-state index contributed by atoms with van der Waals surface area (Å²) in [6.07, 6.45) is 2.82. The number of aromatic nitrogens is 2. The monoisotopic (exact) mass is 773 g/mol. The van der Waals surface area contributed by atoms with Crippen LogP contribution in [0.1, 0.15) is 27.1 Å². The number of pyridine rings is 1. The van der Waals surface area contributed by atoms with Gasteiger partial charge in [-0.3, -0.25) is 0 Å². The number of anilines is 2. The van der Waals surface area contributed by atoms with Crippen molar-refractivity contribution >= 4 is 33.2 Å². The zero-order valence-corrected chi connectivity index (χ0v) is 27.0. The van der Waals surface area contributed by atoms with Crippen molar-refractivity contribution in [3.05, 3.63) is 128 Å². The molecule has 0 amide bonds. The van der Waals surface area contributed by atoms with E-state index in [0.717, 1.165) is 39.7 Å². The van der Waals surface area contributed by atoms with E-state index in [1.165, 1.54) is 0 Å². The topological polar surface area (TPSA) is 33.5 Å². The summed E-state index contributed by atoms with van der Waals surface area (Å²) in [6.45, 7) is 6.54. The minimum Gasteiger partial charge on any atom is -0.519 e. The van der Waals surface area contributed by atoms with Gasteiger partial charge in [0, 0.05) is 62.0 Å². The predicted molar refractivity (Wildman–Crippen MR) is 176 cm³/mol. The van der Waals surface area contributed by atoms with Gasteiger partial charge in [-0.05, 0) is 65.8 Å². The number of nitrogens with zero attached hydrogens (tertiary/aromatic N) is 4. The van der Waals surface area contributed by atoms with Gasteiger partial charge >= 0.3 is 0 Å². The van der Waals surface area contributed by atoms with E-state index in [-0.39, 0.29) is 69.0 Å². The van der Waals surface area contributed by atoms with E-state index in [4.69, 9.17) is 11.6 Å². The average molecular weight is 774 g/mol. The van der Waals surface area contributed by atoms with Gasteiger partial charge in [0.2, 0.25) is 0 Å². The molecule has 2 bridgehead atoms. The second-order valence-corrected chi connectivity index (χ2v) is 12.3. The zero-order valence-electron chi connectivity index (χ0n) is 29.8. The fraction of sp³-hybridized carbons (Fsp3) is 0.231.